The zero-order valence-electron chi connectivity index (χ0n) is 18.7. The molecular formula is C28H22N4O2. The molecule has 3 heterocycles. The number of hydrogen-bond donors (Lipinski definition) is 1. The van der Waals surface area contributed by atoms with Crippen LogP contribution in [0.3, 0.4) is 0 Å². The van der Waals surface area contributed by atoms with Gasteiger partial charge in [0.15, 0.2) is 11.7 Å². The minimum Gasteiger partial charge on any atom is -0.441 e. The quantitative estimate of drug-likeness (QED) is 0.343. The van der Waals surface area contributed by atoms with E-state index in [1.165, 1.54) is 0 Å². The summed E-state index contributed by atoms with van der Waals surface area (Å²) in [6.45, 7) is 1.99. The monoisotopic (exact) mass is 446 g/mol. The molecule has 6 rings (SSSR count). The van der Waals surface area contributed by atoms with Crippen LogP contribution >= 0.6 is 0 Å². The number of nitrogens with zero attached hydrogens (tertiary/aromatic N) is 3. The molecule has 166 valence electrons. The van der Waals surface area contributed by atoms with Crippen molar-refractivity contribution >= 4 is 38.9 Å². The Hall–Kier alpha value is -4.45. The molecule has 0 unspecified atom stereocenters. The predicted molar refractivity (Wildman–Crippen MR) is 134 cm³/mol. The molecule has 6 aromatic rings. The van der Waals surface area contributed by atoms with Crippen LogP contribution in [-0.2, 0) is 11.2 Å². The normalized spacial score (nSPS) is 11.4. The lowest BCUT2D eigenvalue weighted by Gasteiger charge is -2.09. The zero-order valence-corrected chi connectivity index (χ0v) is 18.7. The molecule has 6 nitrogen and oxygen atoms in total. The van der Waals surface area contributed by atoms with Crippen LogP contribution in [0.1, 0.15) is 18.1 Å². The van der Waals surface area contributed by atoms with Crippen molar-refractivity contribution in [3.05, 3.63) is 96.8 Å². The van der Waals surface area contributed by atoms with Crippen molar-refractivity contribution in [2.75, 3.05) is 5.32 Å². The van der Waals surface area contributed by atoms with E-state index in [2.05, 4.69) is 20.8 Å². The highest BCUT2D eigenvalue weighted by Crippen LogP contribution is 2.36. The second-order valence-electron chi connectivity index (χ2n) is 8.28. The number of rotatable bonds is 5. The maximum atomic E-state index is 13.1. The fourth-order valence-electron chi connectivity index (χ4n) is 4.54. The Morgan fingerprint density at radius 2 is 1.68 bits per heavy atom. The lowest BCUT2D eigenvalue weighted by atomic mass is 10.1. The van der Waals surface area contributed by atoms with Crippen molar-refractivity contribution in [2.45, 2.75) is 19.8 Å². The third kappa shape index (κ3) is 3.40. The van der Waals surface area contributed by atoms with Crippen molar-refractivity contribution in [3.8, 4) is 11.3 Å². The summed E-state index contributed by atoms with van der Waals surface area (Å²) in [5, 5.41) is 5.16. The fourth-order valence-corrected chi connectivity index (χ4v) is 4.54. The van der Waals surface area contributed by atoms with Gasteiger partial charge in [0.2, 0.25) is 5.91 Å². The summed E-state index contributed by atoms with van der Waals surface area (Å²) < 4.78 is 7.98. The van der Waals surface area contributed by atoms with Crippen molar-refractivity contribution in [3.63, 3.8) is 0 Å². The van der Waals surface area contributed by atoms with Crippen LogP contribution in [0.15, 0.2) is 89.5 Å². The van der Waals surface area contributed by atoms with Gasteiger partial charge in [-0.05, 0) is 19.1 Å². The third-order valence-corrected chi connectivity index (χ3v) is 6.08. The molecule has 3 aromatic carbocycles. The number of amides is 1. The van der Waals surface area contributed by atoms with Crippen LogP contribution in [0.2, 0.25) is 0 Å². The molecular weight excluding hydrogens is 424 g/mol. The molecule has 0 spiro atoms. The van der Waals surface area contributed by atoms with Gasteiger partial charge >= 0.3 is 0 Å². The van der Waals surface area contributed by atoms with Gasteiger partial charge in [0.05, 0.1) is 28.4 Å². The highest BCUT2D eigenvalue weighted by Gasteiger charge is 2.19. The zero-order chi connectivity index (χ0) is 23.1. The van der Waals surface area contributed by atoms with Crippen molar-refractivity contribution < 1.29 is 9.21 Å². The molecule has 6 heteroatoms. The predicted octanol–water partition coefficient (Wildman–Crippen LogP) is 6.18. The number of anilines is 1. The van der Waals surface area contributed by atoms with Gasteiger partial charge < -0.3 is 9.73 Å². The summed E-state index contributed by atoms with van der Waals surface area (Å²) in [6, 6.07) is 25.9. The molecule has 0 aliphatic heterocycles. The molecule has 0 bridgehead atoms. The molecule has 0 saturated heterocycles. The molecule has 34 heavy (non-hydrogen) atoms. The highest BCUT2D eigenvalue weighted by atomic mass is 16.4. The Morgan fingerprint density at radius 1 is 0.941 bits per heavy atom. The van der Waals surface area contributed by atoms with Crippen LogP contribution in [-0.4, -0.2) is 20.3 Å². The average molecular weight is 447 g/mol. The molecule has 0 aliphatic carbocycles. The lowest BCUT2D eigenvalue weighted by Crippen LogP contribution is -2.12. The van der Waals surface area contributed by atoms with E-state index in [1.54, 1.807) is 6.20 Å². The number of hydrogen-bond acceptors (Lipinski definition) is 4. The molecule has 3 aromatic heterocycles. The first-order valence-corrected chi connectivity index (χ1v) is 11.3. The summed E-state index contributed by atoms with van der Waals surface area (Å²) in [6.07, 6.45) is 2.39. The highest BCUT2D eigenvalue weighted by molar-refractivity contribution is 6.16. The first-order chi connectivity index (χ1) is 16.7. The average Bonchev–Trinajstić information content (AvgIpc) is 3.47. The standard InChI is InChI=1S/C28H22N4O2/c1-18-30-22-13-7-5-11-20(22)28-27(21-12-6-8-14-23(21)32(18)28)31-25(33)15-16-26-29-17-24(34-26)19-9-3-2-4-10-19/h2-14,17H,15-16H2,1H3,(H,31,33). The SMILES string of the molecule is Cc1nc2ccccc2c2c(NC(=O)CCc3ncc(-c4ccccc4)o3)c3ccccc3n12. The number of para-hydroxylation sites is 2. The Labute approximate surface area is 195 Å². The van der Waals surface area contributed by atoms with Crippen LogP contribution in [0.25, 0.3) is 38.6 Å². The molecule has 0 saturated carbocycles. The Morgan fingerprint density at radius 3 is 2.53 bits per heavy atom. The van der Waals surface area contributed by atoms with E-state index in [0.717, 1.165) is 44.4 Å². The molecule has 0 radical (unpaired) electrons. The summed E-state index contributed by atoms with van der Waals surface area (Å²) in [4.78, 5) is 22.2. The molecule has 1 amide bonds. The van der Waals surface area contributed by atoms with Gasteiger partial charge in [0.25, 0.3) is 0 Å². The van der Waals surface area contributed by atoms with E-state index in [1.807, 2.05) is 79.7 Å². The molecule has 1 N–H and O–H groups in total. The summed E-state index contributed by atoms with van der Waals surface area (Å²) >= 11 is 0. The minimum absolute atomic E-state index is 0.0868. The molecule has 0 aliphatic rings. The topological polar surface area (TPSA) is 72.4 Å². The minimum atomic E-state index is -0.0868. The summed E-state index contributed by atoms with van der Waals surface area (Å²) in [5.41, 5.74) is 4.65. The van der Waals surface area contributed by atoms with E-state index < -0.39 is 0 Å². The number of fused-ring (bicyclic) bond motifs is 5. The van der Waals surface area contributed by atoms with Crippen LogP contribution in [0.4, 0.5) is 5.69 Å². The first-order valence-electron chi connectivity index (χ1n) is 11.3. The second-order valence-corrected chi connectivity index (χ2v) is 8.28. The van der Waals surface area contributed by atoms with E-state index in [9.17, 15) is 4.79 Å². The van der Waals surface area contributed by atoms with E-state index in [-0.39, 0.29) is 12.3 Å². The molecule has 0 fully saturated rings. The van der Waals surface area contributed by atoms with E-state index in [0.29, 0.717) is 18.1 Å². The Balaban J connectivity index is 1.33. The number of nitrogens with one attached hydrogen (secondary N) is 1. The largest absolute Gasteiger partial charge is 0.441 e. The van der Waals surface area contributed by atoms with Gasteiger partial charge in [-0.15, -0.1) is 0 Å². The smallest absolute Gasteiger partial charge is 0.224 e. The van der Waals surface area contributed by atoms with Gasteiger partial charge in [-0.25, -0.2) is 9.97 Å². The number of oxazole rings is 1. The van der Waals surface area contributed by atoms with Crippen molar-refractivity contribution in [1.29, 1.82) is 0 Å². The van der Waals surface area contributed by atoms with Crippen LogP contribution in [0, 0.1) is 6.92 Å². The second kappa shape index (κ2) is 8.15. The van der Waals surface area contributed by atoms with Gasteiger partial charge in [-0.1, -0.05) is 66.7 Å². The van der Waals surface area contributed by atoms with Gasteiger partial charge in [0, 0.05) is 29.2 Å². The van der Waals surface area contributed by atoms with E-state index in [4.69, 9.17) is 9.40 Å². The lowest BCUT2D eigenvalue weighted by molar-refractivity contribution is -0.116. The number of aryl methyl sites for hydroxylation is 2. The summed E-state index contributed by atoms with van der Waals surface area (Å²) in [5.74, 6) is 2.04. The number of benzene rings is 3. The van der Waals surface area contributed by atoms with Crippen LogP contribution in [0.5, 0.6) is 0 Å². The first kappa shape index (κ1) is 20.2. The Kier molecular flexibility index (Phi) is 4.84. The molecule has 0 atom stereocenters. The fraction of sp³-hybridized carbons (Fsp3) is 0.107. The summed E-state index contributed by atoms with van der Waals surface area (Å²) in [7, 11) is 0. The van der Waals surface area contributed by atoms with Gasteiger partial charge in [-0.3, -0.25) is 9.20 Å². The van der Waals surface area contributed by atoms with Crippen molar-refractivity contribution in [2.24, 2.45) is 0 Å². The van der Waals surface area contributed by atoms with Gasteiger partial charge in [0.1, 0.15) is 5.82 Å². The Bertz CT molecular complexity index is 1660. The van der Waals surface area contributed by atoms with E-state index >= 15 is 0 Å². The van der Waals surface area contributed by atoms with Crippen LogP contribution < -0.4 is 5.32 Å². The number of carbonyl (C=O) groups excluding carboxylic acids is 1. The number of aromatic nitrogens is 3. The maximum Gasteiger partial charge on any atom is 0.224 e. The van der Waals surface area contributed by atoms with Gasteiger partial charge in [-0.2, -0.15) is 0 Å². The number of carbonyl (C=O) groups is 1. The van der Waals surface area contributed by atoms with Crippen molar-refractivity contribution in [1.82, 2.24) is 14.4 Å². The maximum absolute atomic E-state index is 13.1. The third-order valence-electron chi connectivity index (χ3n) is 6.08.